The van der Waals surface area contributed by atoms with Crippen LogP contribution in [0.4, 0.5) is 0 Å². The Balaban J connectivity index is 3.96. The van der Waals surface area contributed by atoms with Gasteiger partial charge in [-0.15, -0.1) is 0 Å². The van der Waals surface area contributed by atoms with Crippen molar-refractivity contribution >= 4 is 17.5 Å². The molecule has 0 aromatic rings. The van der Waals surface area contributed by atoms with Crippen LogP contribution in [0.5, 0.6) is 0 Å². The molecular formula is C16H28O5. The Morgan fingerprint density at radius 2 is 1.52 bits per heavy atom. The molecule has 5 heteroatoms. The molecule has 0 fully saturated rings. The minimum atomic E-state index is -0.226. The minimum absolute atomic E-state index is 0.0488. The van der Waals surface area contributed by atoms with Crippen LogP contribution < -0.4 is 0 Å². The Hall–Kier alpha value is -1.23. The number of methoxy groups -OCH3 is 1. The number of hydrogen-bond acceptors (Lipinski definition) is 5. The summed E-state index contributed by atoms with van der Waals surface area (Å²) < 4.78 is 10.1. The van der Waals surface area contributed by atoms with Crippen molar-refractivity contribution in [2.75, 3.05) is 13.7 Å². The highest BCUT2D eigenvalue weighted by atomic mass is 16.5. The molecule has 0 saturated heterocycles. The summed E-state index contributed by atoms with van der Waals surface area (Å²) in [4.78, 5) is 34.5. The molecule has 0 saturated carbocycles. The molecular weight excluding hydrogens is 272 g/mol. The topological polar surface area (TPSA) is 69.7 Å². The SMILES string of the molecule is CCCC(CCC(=O)CCC(=O)CCOC)OC(=O)CC. The Kier molecular flexibility index (Phi) is 11.8. The van der Waals surface area contributed by atoms with E-state index in [4.69, 9.17) is 9.47 Å². The quantitative estimate of drug-likeness (QED) is 0.489. The van der Waals surface area contributed by atoms with Crippen LogP contribution in [0.25, 0.3) is 0 Å². The van der Waals surface area contributed by atoms with Gasteiger partial charge in [0.05, 0.1) is 6.61 Å². The van der Waals surface area contributed by atoms with Gasteiger partial charge in [0, 0.05) is 39.2 Å². The molecule has 0 radical (unpaired) electrons. The first-order chi connectivity index (χ1) is 10.0. The summed E-state index contributed by atoms with van der Waals surface area (Å²) in [7, 11) is 1.55. The van der Waals surface area contributed by atoms with E-state index in [-0.39, 0.29) is 36.5 Å². The molecule has 0 aliphatic carbocycles. The summed E-state index contributed by atoms with van der Waals surface area (Å²) in [6.07, 6.45) is 3.65. The number of hydrogen-bond donors (Lipinski definition) is 0. The zero-order chi connectivity index (χ0) is 16.1. The van der Waals surface area contributed by atoms with E-state index < -0.39 is 0 Å². The summed E-state index contributed by atoms with van der Waals surface area (Å²) in [5.74, 6) is -0.127. The molecule has 0 aromatic heterocycles. The number of Topliss-reactive ketones (excluding diaryl/α,β-unsaturated/α-hetero) is 2. The van der Waals surface area contributed by atoms with Crippen molar-refractivity contribution in [2.45, 2.75) is 71.3 Å². The zero-order valence-corrected chi connectivity index (χ0v) is 13.5. The highest BCUT2D eigenvalue weighted by molar-refractivity contribution is 5.86. The fourth-order valence-corrected chi connectivity index (χ4v) is 1.92. The van der Waals surface area contributed by atoms with Gasteiger partial charge in [-0.25, -0.2) is 0 Å². The van der Waals surface area contributed by atoms with Crippen molar-refractivity contribution in [2.24, 2.45) is 0 Å². The van der Waals surface area contributed by atoms with Crippen LogP contribution in [0, 0.1) is 0 Å². The van der Waals surface area contributed by atoms with Crippen LogP contribution in [0.15, 0.2) is 0 Å². The van der Waals surface area contributed by atoms with Crippen LogP contribution in [0.3, 0.4) is 0 Å². The van der Waals surface area contributed by atoms with Crippen LogP contribution in [0.1, 0.15) is 65.2 Å². The van der Waals surface area contributed by atoms with Gasteiger partial charge in [-0.2, -0.15) is 0 Å². The largest absolute Gasteiger partial charge is 0.462 e. The van der Waals surface area contributed by atoms with E-state index in [0.29, 0.717) is 32.3 Å². The summed E-state index contributed by atoms with van der Waals surface area (Å²) >= 11 is 0. The van der Waals surface area contributed by atoms with Gasteiger partial charge in [0.15, 0.2) is 0 Å². The Bertz CT molecular complexity index is 325. The lowest BCUT2D eigenvalue weighted by Gasteiger charge is -2.16. The maximum absolute atomic E-state index is 11.8. The van der Waals surface area contributed by atoms with E-state index in [9.17, 15) is 14.4 Å². The number of ether oxygens (including phenoxy) is 2. The maximum Gasteiger partial charge on any atom is 0.305 e. The van der Waals surface area contributed by atoms with Gasteiger partial charge in [0.1, 0.15) is 17.7 Å². The number of esters is 1. The molecule has 0 spiro atoms. The van der Waals surface area contributed by atoms with E-state index in [1.54, 1.807) is 14.0 Å². The van der Waals surface area contributed by atoms with Gasteiger partial charge >= 0.3 is 5.97 Å². The lowest BCUT2D eigenvalue weighted by atomic mass is 10.0. The summed E-state index contributed by atoms with van der Waals surface area (Å²) in [5, 5.41) is 0. The highest BCUT2D eigenvalue weighted by Gasteiger charge is 2.15. The van der Waals surface area contributed by atoms with Crippen LogP contribution in [-0.2, 0) is 23.9 Å². The van der Waals surface area contributed by atoms with E-state index in [1.807, 2.05) is 6.92 Å². The average molecular weight is 300 g/mol. The Labute approximate surface area is 127 Å². The second-order valence-electron chi connectivity index (χ2n) is 5.11. The summed E-state index contributed by atoms with van der Waals surface area (Å²) in [5.41, 5.74) is 0. The molecule has 0 N–H and O–H groups in total. The van der Waals surface area contributed by atoms with E-state index in [2.05, 4.69) is 0 Å². The van der Waals surface area contributed by atoms with Crippen molar-refractivity contribution in [3.05, 3.63) is 0 Å². The van der Waals surface area contributed by atoms with Crippen molar-refractivity contribution in [3.8, 4) is 0 Å². The predicted molar refractivity (Wildman–Crippen MR) is 80.1 cm³/mol. The smallest absolute Gasteiger partial charge is 0.305 e. The minimum Gasteiger partial charge on any atom is -0.462 e. The molecule has 0 rings (SSSR count). The van der Waals surface area contributed by atoms with Gasteiger partial charge in [0.25, 0.3) is 0 Å². The molecule has 5 nitrogen and oxygen atoms in total. The van der Waals surface area contributed by atoms with Crippen molar-refractivity contribution in [1.82, 2.24) is 0 Å². The summed E-state index contributed by atoms with van der Waals surface area (Å²) in [6.45, 7) is 4.17. The predicted octanol–water partition coefficient (Wildman–Crippen LogP) is 2.84. The molecule has 1 atom stereocenters. The zero-order valence-electron chi connectivity index (χ0n) is 13.5. The molecule has 0 heterocycles. The third-order valence-electron chi connectivity index (χ3n) is 3.21. The van der Waals surface area contributed by atoms with Crippen LogP contribution in [0.2, 0.25) is 0 Å². The number of carbonyl (C=O) groups excluding carboxylic acids is 3. The molecule has 21 heavy (non-hydrogen) atoms. The Morgan fingerprint density at radius 3 is 2.05 bits per heavy atom. The molecule has 0 bridgehead atoms. The van der Waals surface area contributed by atoms with Gasteiger partial charge in [0.2, 0.25) is 0 Å². The average Bonchev–Trinajstić information content (AvgIpc) is 2.48. The van der Waals surface area contributed by atoms with E-state index >= 15 is 0 Å². The number of rotatable bonds is 13. The van der Waals surface area contributed by atoms with E-state index in [1.165, 1.54) is 0 Å². The van der Waals surface area contributed by atoms with Crippen molar-refractivity contribution < 1.29 is 23.9 Å². The van der Waals surface area contributed by atoms with Crippen molar-refractivity contribution in [3.63, 3.8) is 0 Å². The first-order valence-electron chi connectivity index (χ1n) is 7.75. The second-order valence-corrected chi connectivity index (χ2v) is 5.11. The van der Waals surface area contributed by atoms with Gasteiger partial charge in [-0.3, -0.25) is 14.4 Å². The molecule has 0 amide bonds. The van der Waals surface area contributed by atoms with E-state index in [0.717, 1.165) is 12.8 Å². The molecule has 0 aliphatic rings. The standard InChI is InChI=1S/C16H28O5/c1-4-6-15(21-16(19)5-2)10-9-13(17)7-8-14(18)11-12-20-3/h15H,4-12H2,1-3H3. The van der Waals surface area contributed by atoms with Gasteiger partial charge in [-0.05, 0) is 12.8 Å². The van der Waals surface area contributed by atoms with Crippen LogP contribution in [-0.4, -0.2) is 37.4 Å². The third-order valence-corrected chi connectivity index (χ3v) is 3.21. The molecule has 1 unspecified atom stereocenters. The lowest BCUT2D eigenvalue weighted by molar-refractivity contribution is -0.149. The monoisotopic (exact) mass is 300 g/mol. The van der Waals surface area contributed by atoms with Crippen LogP contribution >= 0.6 is 0 Å². The fourth-order valence-electron chi connectivity index (χ4n) is 1.92. The maximum atomic E-state index is 11.8. The fraction of sp³-hybridized carbons (Fsp3) is 0.812. The first-order valence-corrected chi connectivity index (χ1v) is 7.75. The Morgan fingerprint density at radius 1 is 0.905 bits per heavy atom. The second kappa shape index (κ2) is 12.5. The molecule has 0 aliphatic heterocycles. The normalized spacial score (nSPS) is 12.0. The summed E-state index contributed by atoms with van der Waals surface area (Å²) in [6, 6.07) is 0. The number of carbonyl (C=O) groups is 3. The first kappa shape index (κ1) is 19.8. The van der Waals surface area contributed by atoms with Gasteiger partial charge < -0.3 is 9.47 Å². The lowest BCUT2D eigenvalue weighted by Crippen LogP contribution is -2.19. The number of ketones is 2. The third kappa shape index (κ3) is 11.1. The highest BCUT2D eigenvalue weighted by Crippen LogP contribution is 2.12. The van der Waals surface area contributed by atoms with Gasteiger partial charge in [-0.1, -0.05) is 20.3 Å². The van der Waals surface area contributed by atoms with Crippen molar-refractivity contribution in [1.29, 1.82) is 0 Å². The molecule has 0 aromatic carbocycles. The molecule has 122 valence electrons.